The van der Waals surface area contributed by atoms with E-state index in [1.54, 1.807) is 0 Å². The molecule has 71 valence electrons. The summed E-state index contributed by atoms with van der Waals surface area (Å²) in [7, 11) is 4.21. The summed E-state index contributed by atoms with van der Waals surface area (Å²) < 4.78 is 0. The number of benzene rings is 1. The van der Waals surface area contributed by atoms with Crippen LogP contribution in [0.3, 0.4) is 0 Å². The third-order valence-electron chi connectivity index (χ3n) is 2.33. The Balaban J connectivity index is 3.21. The lowest BCUT2D eigenvalue weighted by Crippen LogP contribution is -2.13. The van der Waals surface area contributed by atoms with Gasteiger partial charge in [-0.3, -0.25) is 0 Å². The molecule has 0 aromatic heterocycles. The second-order valence-electron chi connectivity index (χ2n) is 3.46. The normalized spacial score (nSPS) is 10.2. The first-order valence-corrected chi connectivity index (χ1v) is 4.89. The summed E-state index contributed by atoms with van der Waals surface area (Å²) in [6.45, 7) is 4.38. The lowest BCUT2D eigenvalue weighted by Gasteiger charge is -2.20. The molecule has 0 aliphatic rings. The molecule has 0 bridgehead atoms. The van der Waals surface area contributed by atoms with Crippen LogP contribution in [0.15, 0.2) is 12.1 Å². The third kappa shape index (κ3) is 2.03. The SMILES string of the molecule is CCc1c[c]cc(CC)c1N(C)C. The first-order chi connectivity index (χ1) is 6.20. The van der Waals surface area contributed by atoms with Gasteiger partial charge in [-0.15, -0.1) is 0 Å². The van der Waals surface area contributed by atoms with Gasteiger partial charge in [-0.1, -0.05) is 13.8 Å². The average molecular weight is 176 g/mol. The molecule has 1 aromatic carbocycles. The van der Waals surface area contributed by atoms with Crippen molar-refractivity contribution in [1.29, 1.82) is 0 Å². The van der Waals surface area contributed by atoms with Crippen molar-refractivity contribution in [2.75, 3.05) is 19.0 Å². The van der Waals surface area contributed by atoms with Gasteiger partial charge >= 0.3 is 0 Å². The van der Waals surface area contributed by atoms with Crippen LogP contribution in [0, 0.1) is 6.07 Å². The van der Waals surface area contributed by atoms with Crippen LogP contribution in [-0.2, 0) is 12.8 Å². The van der Waals surface area contributed by atoms with Gasteiger partial charge in [0.2, 0.25) is 0 Å². The van der Waals surface area contributed by atoms with E-state index in [4.69, 9.17) is 0 Å². The van der Waals surface area contributed by atoms with Crippen molar-refractivity contribution < 1.29 is 0 Å². The maximum absolute atomic E-state index is 3.20. The zero-order chi connectivity index (χ0) is 9.84. The van der Waals surface area contributed by atoms with Gasteiger partial charge in [0.15, 0.2) is 0 Å². The molecule has 13 heavy (non-hydrogen) atoms. The number of rotatable bonds is 3. The van der Waals surface area contributed by atoms with E-state index in [1.807, 2.05) is 0 Å². The first kappa shape index (κ1) is 10.1. The number of aryl methyl sites for hydroxylation is 2. The van der Waals surface area contributed by atoms with Crippen molar-refractivity contribution in [2.45, 2.75) is 26.7 Å². The van der Waals surface area contributed by atoms with E-state index in [9.17, 15) is 0 Å². The lowest BCUT2D eigenvalue weighted by atomic mass is 10.0. The van der Waals surface area contributed by atoms with Gasteiger partial charge in [0.1, 0.15) is 0 Å². The lowest BCUT2D eigenvalue weighted by molar-refractivity contribution is 1.01. The molecule has 0 aliphatic heterocycles. The number of nitrogens with zero attached hydrogens (tertiary/aromatic N) is 1. The average Bonchev–Trinajstić information content (AvgIpc) is 2.16. The zero-order valence-electron chi connectivity index (χ0n) is 9.02. The summed E-state index contributed by atoms with van der Waals surface area (Å²) in [6.07, 6.45) is 2.16. The molecule has 1 radical (unpaired) electrons. The first-order valence-electron chi connectivity index (χ1n) is 4.89. The smallest absolute Gasteiger partial charge is 0.0426 e. The Hall–Kier alpha value is -0.980. The molecule has 0 amide bonds. The minimum atomic E-state index is 1.08. The minimum absolute atomic E-state index is 1.08. The molecule has 1 nitrogen and oxygen atoms in total. The van der Waals surface area contributed by atoms with Crippen LogP contribution in [0.5, 0.6) is 0 Å². The number of hydrogen-bond acceptors (Lipinski definition) is 1. The minimum Gasteiger partial charge on any atom is -0.377 e. The maximum Gasteiger partial charge on any atom is 0.0426 e. The molecule has 0 fully saturated rings. The predicted octanol–water partition coefficient (Wildman–Crippen LogP) is 2.68. The monoisotopic (exact) mass is 176 g/mol. The van der Waals surface area contributed by atoms with Crippen LogP contribution >= 0.6 is 0 Å². The molecule has 0 saturated heterocycles. The summed E-state index contributed by atoms with van der Waals surface area (Å²) in [5.74, 6) is 0. The van der Waals surface area contributed by atoms with Gasteiger partial charge in [0, 0.05) is 19.8 Å². The Morgan fingerprint density at radius 3 is 1.85 bits per heavy atom. The molecule has 1 heteroatoms. The van der Waals surface area contributed by atoms with Crippen molar-refractivity contribution in [2.24, 2.45) is 0 Å². The van der Waals surface area contributed by atoms with Gasteiger partial charge in [0.25, 0.3) is 0 Å². The van der Waals surface area contributed by atoms with Crippen molar-refractivity contribution >= 4 is 5.69 Å². The summed E-state index contributed by atoms with van der Waals surface area (Å²) in [4.78, 5) is 2.20. The van der Waals surface area contributed by atoms with Gasteiger partial charge in [-0.25, -0.2) is 0 Å². The second-order valence-corrected chi connectivity index (χ2v) is 3.46. The highest BCUT2D eigenvalue weighted by atomic mass is 15.1. The fourth-order valence-corrected chi connectivity index (χ4v) is 1.70. The van der Waals surface area contributed by atoms with Crippen molar-refractivity contribution in [3.63, 3.8) is 0 Å². The largest absolute Gasteiger partial charge is 0.377 e. The molecule has 1 aromatic rings. The molecule has 0 saturated carbocycles. The Morgan fingerprint density at radius 1 is 1.08 bits per heavy atom. The highest BCUT2D eigenvalue weighted by Gasteiger charge is 2.06. The number of anilines is 1. The van der Waals surface area contributed by atoms with Gasteiger partial charge in [-0.05, 0) is 42.2 Å². The topological polar surface area (TPSA) is 3.24 Å². The van der Waals surface area contributed by atoms with Crippen LogP contribution in [0.25, 0.3) is 0 Å². The van der Waals surface area contributed by atoms with E-state index < -0.39 is 0 Å². The highest BCUT2D eigenvalue weighted by molar-refractivity contribution is 5.58. The van der Waals surface area contributed by atoms with Crippen molar-refractivity contribution in [1.82, 2.24) is 0 Å². The van der Waals surface area contributed by atoms with Crippen LogP contribution in [0.2, 0.25) is 0 Å². The molecule has 0 N–H and O–H groups in total. The molecule has 0 aliphatic carbocycles. The van der Waals surface area contributed by atoms with E-state index in [0.29, 0.717) is 0 Å². The van der Waals surface area contributed by atoms with Crippen LogP contribution in [0.1, 0.15) is 25.0 Å². The summed E-state index contributed by atoms with van der Waals surface area (Å²) >= 11 is 0. The molecule has 1 rings (SSSR count). The molecule has 0 atom stereocenters. The van der Waals surface area contributed by atoms with E-state index >= 15 is 0 Å². The van der Waals surface area contributed by atoms with Crippen LogP contribution < -0.4 is 4.90 Å². The van der Waals surface area contributed by atoms with Crippen LogP contribution in [-0.4, -0.2) is 14.1 Å². The number of hydrogen-bond donors (Lipinski definition) is 0. The molecule has 0 heterocycles. The van der Waals surface area contributed by atoms with E-state index in [1.165, 1.54) is 16.8 Å². The summed E-state index contributed by atoms with van der Waals surface area (Å²) in [5.41, 5.74) is 4.16. The second kappa shape index (κ2) is 4.31. The fraction of sp³-hybridized carbons (Fsp3) is 0.500. The summed E-state index contributed by atoms with van der Waals surface area (Å²) in [6, 6.07) is 7.38. The standard InChI is InChI=1S/C12H18N/c1-5-10-8-7-9-11(6-2)12(10)13(3)4/h8-9H,5-6H2,1-4H3. The van der Waals surface area contributed by atoms with Gasteiger partial charge in [0.05, 0.1) is 0 Å². The Bertz CT molecular complexity index is 254. The highest BCUT2D eigenvalue weighted by Crippen LogP contribution is 2.24. The van der Waals surface area contributed by atoms with Crippen LogP contribution in [0.4, 0.5) is 5.69 Å². The Kier molecular flexibility index (Phi) is 3.35. The quantitative estimate of drug-likeness (QED) is 0.684. The van der Waals surface area contributed by atoms with Crippen molar-refractivity contribution in [3.05, 3.63) is 29.3 Å². The Labute approximate surface area is 81.4 Å². The molecular weight excluding hydrogens is 158 g/mol. The summed E-state index contributed by atoms with van der Waals surface area (Å²) in [5, 5.41) is 0. The van der Waals surface area contributed by atoms with Gasteiger partial charge in [-0.2, -0.15) is 0 Å². The maximum atomic E-state index is 3.20. The Morgan fingerprint density at radius 2 is 1.54 bits per heavy atom. The molecule has 0 spiro atoms. The third-order valence-corrected chi connectivity index (χ3v) is 2.33. The fourth-order valence-electron chi connectivity index (χ4n) is 1.70. The van der Waals surface area contributed by atoms with E-state index in [-0.39, 0.29) is 0 Å². The van der Waals surface area contributed by atoms with E-state index in [2.05, 4.69) is 51.0 Å². The zero-order valence-corrected chi connectivity index (χ0v) is 9.02. The van der Waals surface area contributed by atoms with Crippen molar-refractivity contribution in [3.8, 4) is 0 Å². The molecular formula is C12H18N. The van der Waals surface area contributed by atoms with E-state index in [0.717, 1.165) is 12.8 Å². The van der Waals surface area contributed by atoms with Gasteiger partial charge < -0.3 is 4.90 Å². The predicted molar refractivity (Wildman–Crippen MR) is 58.4 cm³/mol. The molecule has 0 unspecified atom stereocenters.